The number of fused-ring (bicyclic) bond motifs is 1. The fourth-order valence-corrected chi connectivity index (χ4v) is 4.40. The molecule has 0 radical (unpaired) electrons. The first-order valence-corrected chi connectivity index (χ1v) is 10.2. The van der Waals surface area contributed by atoms with Gasteiger partial charge in [0.05, 0.1) is 30.0 Å². The van der Waals surface area contributed by atoms with Gasteiger partial charge in [-0.05, 0) is 37.6 Å². The first-order valence-electron chi connectivity index (χ1n) is 9.42. The molecule has 2 N–H and O–H groups in total. The van der Waals surface area contributed by atoms with E-state index in [0.29, 0.717) is 28.7 Å². The second-order valence-electron chi connectivity index (χ2n) is 7.00. The highest BCUT2D eigenvalue weighted by Gasteiger charge is 2.34. The fraction of sp³-hybridized carbons (Fsp3) is 0.286. The zero-order valence-electron chi connectivity index (χ0n) is 16.2. The Kier molecular flexibility index (Phi) is 5.34. The molecule has 8 heteroatoms. The Balaban J connectivity index is 1.83. The molecule has 6 nitrogen and oxygen atoms in total. The Morgan fingerprint density at radius 2 is 2.00 bits per heavy atom. The van der Waals surface area contributed by atoms with E-state index in [1.807, 2.05) is 30.7 Å². The van der Waals surface area contributed by atoms with Gasteiger partial charge in [-0.3, -0.25) is 14.5 Å². The SMILES string of the molecule is CCn1nccc1CN1Cc2nc(C)c(CN)c(-c3ccc(Cl)cc3Cl)c2C1=O. The molecule has 0 atom stereocenters. The van der Waals surface area contributed by atoms with Gasteiger partial charge in [-0.25, -0.2) is 0 Å². The Bertz CT molecular complexity index is 1110. The van der Waals surface area contributed by atoms with E-state index in [2.05, 4.69) is 5.10 Å². The second kappa shape index (κ2) is 7.78. The van der Waals surface area contributed by atoms with Gasteiger partial charge in [0.25, 0.3) is 5.91 Å². The van der Waals surface area contributed by atoms with E-state index in [1.54, 1.807) is 23.2 Å². The molecule has 29 heavy (non-hydrogen) atoms. The lowest BCUT2D eigenvalue weighted by Crippen LogP contribution is -2.25. The molecule has 1 aliphatic heterocycles. The van der Waals surface area contributed by atoms with Gasteiger partial charge in [-0.2, -0.15) is 5.10 Å². The van der Waals surface area contributed by atoms with Gasteiger partial charge in [0.2, 0.25) is 0 Å². The molecule has 2 aromatic heterocycles. The number of rotatable bonds is 5. The summed E-state index contributed by atoms with van der Waals surface area (Å²) in [6.07, 6.45) is 1.75. The normalized spacial score (nSPS) is 13.3. The standard InChI is InChI=1S/C21H21Cl2N5O/c1-3-28-14(6-7-25-28)10-27-11-18-20(21(27)29)19(16(9-24)12(2)26-18)15-5-4-13(22)8-17(15)23/h4-8H,3,9-11,24H2,1-2H3. The van der Waals surface area contributed by atoms with Crippen LogP contribution in [0.2, 0.25) is 10.0 Å². The molecule has 0 bridgehead atoms. The van der Waals surface area contributed by atoms with Crippen LogP contribution in [0.5, 0.6) is 0 Å². The lowest BCUT2D eigenvalue weighted by molar-refractivity contribution is 0.0762. The number of hydrogen-bond acceptors (Lipinski definition) is 4. The Morgan fingerprint density at radius 1 is 1.21 bits per heavy atom. The number of amides is 1. The maximum Gasteiger partial charge on any atom is 0.257 e. The minimum atomic E-state index is -0.0768. The predicted octanol–water partition coefficient (Wildman–Crippen LogP) is 4.19. The highest BCUT2D eigenvalue weighted by atomic mass is 35.5. The number of aryl methyl sites for hydroxylation is 2. The van der Waals surface area contributed by atoms with Crippen LogP contribution in [0.1, 0.15) is 39.9 Å². The lowest BCUT2D eigenvalue weighted by atomic mass is 9.93. The monoisotopic (exact) mass is 429 g/mol. The molecule has 1 amide bonds. The molecule has 1 aromatic carbocycles. The van der Waals surface area contributed by atoms with Crippen LogP contribution in [0.15, 0.2) is 30.5 Å². The van der Waals surface area contributed by atoms with Gasteiger partial charge in [0, 0.05) is 46.2 Å². The third-order valence-electron chi connectivity index (χ3n) is 5.28. The highest BCUT2D eigenvalue weighted by Crippen LogP contribution is 2.40. The number of halogens is 2. The molecule has 0 aliphatic carbocycles. The smallest absolute Gasteiger partial charge is 0.257 e. The number of carbonyl (C=O) groups excluding carboxylic acids is 1. The van der Waals surface area contributed by atoms with Crippen molar-refractivity contribution in [3.05, 3.63) is 68.7 Å². The highest BCUT2D eigenvalue weighted by molar-refractivity contribution is 6.36. The van der Waals surface area contributed by atoms with Crippen molar-refractivity contribution >= 4 is 29.1 Å². The van der Waals surface area contributed by atoms with E-state index < -0.39 is 0 Å². The number of aromatic nitrogens is 3. The topological polar surface area (TPSA) is 77.0 Å². The van der Waals surface area contributed by atoms with Crippen molar-refractivity contribution < 1.29 is 4.79 Å². The lowest BCUT2D eigenvalue weighted by Gasteiger charge is -2.17. The second-order valence-corrected chi connectivity index (χ2v) is 7.84. The maximum atomic E-state index is 13.4. The van der Waals surface area contributed by atoms with Gasteiger partial charge < -0.3 is 10.6 Å². The minimum absolute atomic E-state index is 0.0768. The molecule has 0 saturated heterocycles. The number of nitrogens with zero attached hydrogens (tertiary/aromatic N) is 4. The summed E-state index contributed by atoms with van der Waals surface area (Å²) in [6.45, 7) is 5.85. The Labute approximate surface area is 179 Å². The van der Waals surface area contributed by atoms with Crippen LogP contribution in [0, 0.1) is 6.92 Å². The molecule has 0 spiro atoms. The number of pyridine rings is 1. The van der Waals surface area contributed by atoms with Crippen molar-refractivity contribution in [3.8, 4) is 11.1 Å². The van der Waals surface area contributed by atoms with Crippen molar-refractivity contribution in [1.82, 2.24) is 19.7 Å². The largest absolute Gasteiger partial charge is 0.327 e. The van der Waals surface area contributed by atoms with Crippen LogP contribution in [0.3, 0.4) is 0 Å². The summed E-state index contributed by atoms with van der Waals surface area (Å²) >= 11 is 12.6. The number of carbonyl (C=O) groups is 1. The maximum absolute atomic E-state index is 13.4. The number of hydrogen-bond donors (Lipinski definition) is 1. The summed E-state index contributed by atoms with van der Waals surface area (Å²) in [5.74, 6) is -0.0768. The van der Waals surface area contributed by atoms with Crippen LogP contribution in [-0.2, 0) is 26.2 Å². The van der Waals surface area contributed by atoms with E-state index in [4.69, 9.17) is 33.9 Å². The van der Waals surface area contributed by atoms with Crippen LogP contribution in [0.25, 0.3) is 11.1 Å². The minimum Gasteiger partial charge on any atom is -0.327 e. The van der Waals surface area contributed by atoms with Crippen molar-refractivity contribution in [1.29, 1.82) is 0 Å². The van der Waals surface area contributed by atoms with Crippen molar-refractivity contribution in [2.45, 2.75) is 40.0 Å². The average molecular weight is 430 g/mol. The predicted molar refractivity (Wildman–Crippen MR) is 114 cm³/mol. The van der Waals surface area contributed by atoms with Crippen molar-refractivity contribution in [3.63, 3.8) is 0 Å². The van der Waals surface area contributed by atoms with Crippen LogP contribution >= 0.6 is 23.2 Å². The molecule has 4 rings (SSSR count). The quantitative estimate of drug-likeness (QED) is 0.659. The summed E-state index contributed by atoms with van der Waals surface area (Å²) < 4.78 is 1.89. The molecule has 3 aromatic rings. The van der Waals surface area contributed by atoms with E-state index in [1.165, 1.54) is 0 Å². The molecular weight excluding hydrogens is 409 g/mol. The third-order valence-corrected chi connectivity index (χ3v) is 5.83. The average Bonchev–Trinajstić information content (AvgIpc) is 3.25. The molecule has 0 fully saturated rings. The van der Waals surface area contributed by atoms with Gasteiger partial charge in [0.15, 0.2) is 0 Å². The van der Waals surface area contributed by atoms with E-state index in [-0.39, 0.29) is 12.5 Å². The van der Waals surface area contributed by atoms with Crippen molar-refractivity contribution in [2.75, 3.05) is 0 Å². The molecule has 1 aliphatic rings. The van der Waals surface area contributed by atoms with E-state index in [0.717, 1.165) is 40.3 Å². The van der Waals surface area contributed by atoms with Crippen LogP contribution in [-0.4, -0.2) is 25.6 Å². The Hall–Kier alpha value is -2.41. The molecule has 150 valence electrons. The van der Waals surface area contributed by atoms with Crippen LogP contribution in [0.4, 0.5) is 0 Å². The fourth-order valence-electron chi connectivity index (χ4n) is 3.90. The van der Waals surface area contributed by atoms with Gasteiger partial charge in [0.1, 0.15) is 0 Å². The zero-order valence-corrected chi connectivity index (χ0v) is 17.8. The Morgan fingerprint density at radius 3 is 2.69 bits per heavy atom. The summed E-state index contributed by atoms with van der Waals surface area (Å²) in [5, 5.41) is 5.31. The van der Waals surface area contributed by atoms with Crippen LogP contribution < -0.4 is 5.73 Å². The third kappa shape index (κ3) is 3.41. The molecule has 0 saturated carbocycles. The van der Waals surface area contributed by atoms with Gasteiger partial charge >= 0.3 is 0 Å². The van der Waals surface area contributed by atoms with E-state index in [9.17, 15) is 4.79 Å². The van der Waals surface area contributed by atoms with E-state index >= 15 is 0 Å². The molecular formula is C21H21Cl2N5O. The summed E-state index contributed by atoms with van der Waals surface area (Å²) in [4.78, 5) is 19.9. The summed E-state index contributed by atoms with van der Waals surface area (Å²) in [5.41, 5.74) is 11.5. The van der Waals surface area contributed by atoms with Gasteiger partial charge in [-0.15, -0.1) is 0 Å². The van der Waals surface area contributed by atoms with Crippen molar-refractivity contribution in [2.24, 2.45) is 5.73 Å². The molecule has 0 unspecified atom stereocenters. The van der Waals surface area contributed by atoms with Gasteiger partial charge in [-0.1, -0.05) is 29.3 Å². The zero-order chi connectivity index (χ0) is 20.7. The first kappa shape index (κ1) is 19.9. The summed E-state index contributed by atoms with van der Waals surface area (Å²) in [7, 11) is 0. The number of benzene rings is 1. The molecule has 3 heterocycles. The first-order chi connectivity index (χ1) is 13.9. The number of nitrogens with two attached hydrogens (primary N) is 1. The summed E-state index contributed by atoms with van der Waals surface area (Å²) in [6, 6.07) is 7.21.